The summed E-state index contributed by atoms with van der Waals surface area (Å²) in [4.78, 5) is 14.6. The number of rotatable bonds is 5. The lowest BCUT2D eigenvalue weighted by Crippen LogP contribution is -2.32. The molecule has 2 aromatic rings. The molecule has 1 saturated heterocycles. The molecule has 25 heavy (non-hydrogen) atoms. The first-order valence-corrected chi connectivity index (χ1v) is 8.22. The fraction of sp³-hybridized carbons (Fsp3) is 0.316. The van der Waals surface area contributed by atoms with E-state index in [0.29, 0.717) is 42.5 Å². The van der Waals surface area contributed by atoms with Crippen LogP contribution in [0.5, 0.6) is 17.2 Å². The Morgan fingerprint density at radius 3 is 2.40 bits per heavy atom. The average Bonchev–Trinajstić information content (AvgIpc) is 3.03. The molecule has 6 heteroatoms. The maximum atomic E-state index is 12.8. The van der Waals surface area contributed by atoms with Crippen LogP contribution in [-0.2, 0) is 0 Å². The van der Waals surface area contributed by atoms with Crippen molar-refractivity contribution < 1.29 is 14.3 Å². The number of amides is 1. The fourth-order valence-electron chi connectivity index (χ4n) is 2.80. The summed E-state index contributed by atoms with van der Waals surface area (Å²) in [6, 6.07) is 14.8. The number of likely N-dealkylation sites (tertiary alicyclic amines) is 1. The van der Waals surface area contributed by atoms with Gasteiger partial charge in [0.25, 0.3) is 5.91 Å². The Bertz CT molecular complexity index is 723. The minimum Gasteiger partial charge on any atom is -0.490 e. The van der Waals surface area contributed by atoms with Crippen molar-refractivity contribution in [2.75, 3.05) is 19.7 Å². The number of carbonyl (C=O) groups is 1. The van der Waals surface area contributed by atoms with Crippen LogP contribution in [0, 0.1) is 0 Å². The summed E-state index contributed by atoms with van der Waals surface area (Å²) in [5.41, 5.74) is 6.45. The van der Waals surface area contributed by atoms with E-state index in [1.54, 1.807) is 17.0 Å². The van der Waals surface area contributed by atoms with Crippen molar-refractivity contribution in [3.8, 4) is 17.2 Å². The minimum atomic E-state index is -0.0487. The molecule has 0 saturated carbocycles. The second-order valence-electron chi connectivity index (χ2n) is 5.78. The maximum Gasteiger partial charge on any atom is 0.257 e. The van der Waals surface area contributed by atoms with Crippen molar-refractivity contribution in [2.45, 2.75) is 19.4 Å². The highest BCUT2D eigenvalue weighted by Crippen LogP contribution is 2.33. The maximum absolute atomic E-state index is 12.8. The van der Waals surface area contributed by atoms with Crippen molar-refractivity contribution in [2.24, 2.45) is 5.73 Å². The average molecular weight is 363 g/mol. The van der Waals surface area contributed by atoms with Crippen LogP contribution in [0.3, 0.4) is 0 Å². The first kappa shape index (κ1) is 19.1. The number of hydrogen-bond donors (Lipinski definition) is 1. The lowest BCUT2D eigenvalue weighted by Gasteiger charge is -2.18. The van der Waals surface area contributed by atoms with Gasteiger partial charge < -0.3 is 20.1 Å². The molecular weight excluding hydrogens is 340 g/mol. The normalized spacial score (nSPS) is 16.2. The topological polar surface area (TPSA) is 64.8 Å². The molecule has 0 radical (unpaired) electrons. The first-order valence-electron chi connectivity index (χ1n) is 8.22. The zero-order chi connectivity index (χ0) is 16.9. The molecular formula is C19H23ClN2O3. The van der Waals surface area contributed by atoms with Gasteiger partial charge in [-0.15, -0.1) is 12.4 Å². The van der Waals surface area contributed by atoms with Gasteiger partial charge in [-0.2, -0.15) is 0 Å². The molecule has 134 valence electrons. The number of benzene rings is 2. The Morgan fingerprint density at radius 1 is 1.12 bits per heavy atom. The zero-order valence-corrected chi connectivity index (χ0v) is 15.0. The highest BCUT2D eigenvalue weighted by molar-refractivity contribution is 5.97. The first-order chi connectivity index (χ1) is 11.7. The van der Waals surface area contributed by atoms with Crippen LogP contribution in [0.1, 0.15) is 23.7 Å². The van der Waals surface area contributed by atoms with Gasteiger partial charge in [-0.25, -0.2) is 0 Å². The molecule has 1 aliphatic rings. The number of hydrogen-bond acceptors (Lipinski definition) is 4. The van der Waals surface area contributed by atoms with E-state index in [4.69, 9.17) is 15.2 Å². The van der Waals surface area contributed by atoms with E-state index in [1.807, 2.05) is 43.3 Å². The fourth-order valence-corrected chi connectivity index (χ4v) is 2.80. The molecule has 1 atom stereocenters. The van der Waals surface area contributed by atoms with E-state index in [1.165, 1.54) is 0 Å². The van der Waals surface area contributed by atoms with Gasteiger partial charge >= 0.3 is 0 Å². The Kier molecular flexibility index (Phi) is 6.67. The summed E-state index contributed by atoms with van der Waals surface area (Å²) in [7, 11) is 0. The SMILES string of the molecule is CCOc1ccccc1Oc1ccccc1C(=O)N1CCC(N)C1.Cl. The van der Waals surface area contributed by atoms with E-state index in [-0.39, 0.29) is 24.4 Å². The van der Waals surface area contributed by atoms with E-state index in [0.717, 1.165) is 6.42 Å². The summed E-state index contributed by atoms with van der Waals surface area (Å²) < 4.78 is 11.6. The number of nitrogens with zero attached hydrogens (tertiary/aromatic N) is 1. The molecule has 1 aliphatic heterocycles. The van der Waals surface area contributed by atoms with Crippen molar-refractivity contribution in [1.29, 1.82) is 0 Å². The van der Waals surface area contributed by atoms with Gasteiger partial charge in [-0.1, -0.05) is 24.3 Å². The van der Waals surface area contributed by atoms with E-state index < -0.39 is 0 Å². The van der Waals surface area contributed by atoms with Crippen LogP contribution in [-0.4, -0.2) is 36.5 Å². The Hall–Kier alpha value is -2.24. The second kappa shape index (κ2) is 8.74. The van der Waals surface area contributed by atoms with Gasteiger partial charge in [-0.05, 0) is 37.6 Å². The number of carbonyl (C=O) groups excluding carboxylic acids is 1. The molecule has 1 amide bonds. The smallest absolute Gasteiger partial charge is 0.257 e. The number of para-hydroxylation sites is 3. The van der Waals surface area contributed by atoms with Gasteiger partial charge in [0.1, 0.15) is 5.75 Å². The molecule has 2 N–H and O–H groups in total. The van der Waals surface area contributed by atoms with Gasteiger partial charge in [0, 0.05) is 19.1 Å². The number of ether oxygens (including phenoxy) is 2. The molecule has 2 aromatic carbocycles. The Labute approximate surface area is 154 Å². The molecule has 0 spiro atoms. The van der Waals surface area contributed by atoms with E-state index in [9.17, 15) is 4.79 Å². The molecule has 0 aliphatic carbocycles. The van der Waals surface area contributed by atoms with Crippen molar-refractivity contribution in [3.05, 3.63) is 54.1 Å². The summed E-state index contributed by atoms with van der Waals surface area (Å²) in [5, 5.41) is 0. The highest BCUT2D eigenvalue weighted by atomic mass is 35.5. The van der Waals surface area contributed by atoms with Gasteiger partial charge in [0.2, 0.25) is 0 Å². The number of halogens is 1. The molecule has 3 rings (SSSR count). The van der Waals surface area contributed by atoms with Gasteiger partial charge in [0.15, 0.2) is 11.5 Å². The van der Waals surface area contributed by atoms with Gasteiger partial charge in [-0.3, -0.25) is 4.79 Å². The predicted molar refractivity (Wildman–Crippen MR) is 99.9 cm³/mol. The Morgan fingerprint density at radius 2 is 1.76 bits per heavy atom. The van der Waals surface area contributed by atoms with E-state index >= 15 is 0 Å². The minimum absolute atomic E-state index is 0. The largest absolute Gasteiger partial charge is 0.490 e. The molecule has 1 unspecified atom stereocenters. The summed E-state index contributed by atoms with van der Waals surface area (Å²) in [5.74, 6) is 1.73. The Balaban J connectivity index is 0.00000225. The third kappa shape index (κ3) is 4.44. The zero-order valence-electron chi connectivity index (χ0n) is 14.2. The van der Waals surface area contributed by atoms with E-state index in [2.05, 4.69) is 0 Å². The predicted octanol–water partition coefficient (Wildman–Crippen LogP) is 3.47. The molecule has 0 bridgehead atoms. The van der Waals surface area contributed by atoms with Crippen LogP contribution < -0.4 is 15.2 Å². The molecule has 5 nitrogen and oxygen atoms in total. The molecule has 1 fully saturated rings. The summed E-state index contributed by atoms with van der Waals surface area (Å²) in [6.45, 7) is 3.74. The van der Waals surface area contributed by atoms with Crippen molar-refractivity contribution >= 4 is 18.3 Å². The second-order valence-corrected chi connectivity index (χ2v) is 5.78. The lowest BCUT2D eigenvalue weighted by molar-refractivity contribution is 0.0788. The number of nitrogens with two attached hydrogens (primary N) is 1. The quantitative estimate of drug-likeness (QED) is 0.884. The monoisotopic (exact) mass is 362 g/mol. The van der Waals surface area contributed by atoms with Crippen molar-refractivity contribution in [1.82, 2.24) is 4.90 Å². The standard InChI is InChI=1S/C19H22N2O3.ClH/c1-2-23-17-9-5-6-10-18(17)24-16-8-4-3-7-15(16)19(22)21-12-11-14(20)13-21;/h3-10,14H,2,11-13,20H2,1H3;1H. The van der Waals surface area contributed by atoms with Crippen LogP contribution in [0.25, 0.3) is 0 Å². The molecule has 0 aromatic heterocycles. The van der Waals surface area contributed by atoms with Crippen LogP contribution in [0.15, 0.2) is 48.5 Å². The highest BCUT2D eigenvalue weighted by Gasteiger charge is 2.26. The van der Waals surface area contributed by atoms with Gasteiger partial charge in [0.05, 0.1) is 12.2 Å². The summed E-state index contributed by atoms with van der Waals surface area (Å²) in [6.07, 6.45) is 0.835. The lowest BCUT2D eigenvalue weighted by atomic mass is 10.1. The van der Waals surface area contributed by atoms with Crippen LogP contribution in [0.2, 0.25) is 0 Å². The summed E-state index contributed by atoms with van der Waals surface area (Å²) >= 11 is 0. The van der Waals surface area contributed by atoms with Crippen molar-refractivity contribution in [3.63, 3.8) is 0 Å². The third-order valence-corrected chi connectivity index (χ3v) is 4.00. The third-order valence-electron chi connectivity index (χ3n) is 4.00. The van der Waals surface area contributed by atoms with Crippen LogP contribution in [0.4, 0.5) is 0 Å². The molecule has 1 heterocycles. The van der Waals surface area contributed by atoms with Crippen LogP contribution >= 0.6 is 12.4 Å².